The molecule has 0 aliphatic heterocycles. The lowest BCUT2D eigenvalue weighted by molar-refractivity contribution is 0.0689. The summed E-state index contributed by atoms with van der Waals surface area (Å²) in [5.74, 6) is -0.172. The number of Topliss-reactive ketones (excluding diaryl/α,β-unsaturated/α-hetero) is 1. The number of ether oxygens (including phenoxy) is 2. The molecule has 0 saturated carbocycles. The lowest BCUT2D eigenvalue weighted by Crippen LogP contribution is -2.05. The number of aromatic carboxylic acids is 1. The number of hydrogen-bond acceptors (Lipinski definition) is 10. The van der Waals surface area contributed by atoms with E-state index in [0.29, 0.717) is 50.1 Å². The Labute approximate surface area is 261 Å². The molecule has 0 spiro atoms. The zero-order valence-electron chi connectivity index (χ0n) is 24.3. The van der Waals surface area contributed by atoms with E-state index in [1.54, 1.807) is 43.6 Å². The lowest BCUT2D eigenvalue weighted by Gasteiger charge is -2.08. The molecule has 0 atom stereocenters. The number of methoxy groups -OCH3 is 2. The molecule has 0 fully saturated rings. The van der Waals surface area contributed by atoms with Crippen LogP contribution in [0.2, 0.25) is 10.0 Å². The number of nitrogen functional groups attached to an aromatic ring is 1. The number of hydrogen-bond donors (Lipinski definition) is 3. The van der Waals surface area contributed by atoms with E-state index < -0.39 is 5.97 Å². The van der Waals surface area contributed by atoms with Crippen molar-refractivity contribution in [1.82, 2.24) is 24.9 Å². The Hall–Kier alpha value is -5.07. The molecule has 44 heavy (non-hydrogen) atoms. The maximum atomic E-state index is 12.2. The average molecular weight is 639 g/mol. The fourth-order valence-electron chi connectivity index (χ4n) is 3.76. The molecule has 2 aromatic carbocycles. The van der Waals surface area contributed by atoms with Gasteiger partial charge in [0.25, 0.3) is 0 Å². The molecule has 0 aliphatic rings. The van der Waals surface area contributed by atoms with Crippen molar-refractivity contribution < 1.29 is 24.2 Å². The van der Waals surface area contributed by atoms with E-state index in [4.69, 9.17) is 43.5 Å². The highest BCUT2D eigenvalue weighted by Gasteiger charge is 2.13. The van der Waals surface area contributed by atoms with E-state index >= 15 is 0 Å². The fourth-order valence-corrected chi connectivity index (χ4v) is 4.29. The number of carbonyl (C=O) groups excluding carboxylic acids is 1. The van der Waals surface area contributed by atoms with E-state index in [9.17, 15) is 14.4 Å². The molecule has 228 valence electrons. The van der Waals surface area contributed by atoms with Gasteiger partial charge < -0.3 is 25.3 Å². The number of nitrogens with two attached hydrogens (primary N) is 1. The van der Waals surface area contributed by atoms with Crippen LogP contribution in [0.25, 0.3) is 22.3 Å². The first-order valence-corrected chi connectivity index (χ1v) is 13.5. The smallest absolute Gasteiger partial charge is 0.356 e. The number of fused-ring (bicyclic) bond motifs is 1. The summed E-state index contributed by atoms with van der Waals surface area (Å²) < 4.78 is 10.1. The molecule has 0 radical (unpaired) electrons. The van der Waals surface area contributed by atoms with Crippen LogP contribution in [0.5, 0.6) is 11.5 Å². The van der Waals surface area contributed by atoms with Crippen LogP contribution in [0.3, 0.4) is 0 Å². The number of rotatable bonds is 5. The van der Waals surface area contributed by atoms with Crippen LogP contribution in [0, 0.1) is 13.8 Å². The molecule has 0 aliphatic carbocycles. The normalized spacial score (nSPS) is 10.2. The number of carboxylic acid groups (broad SMARTS) is 1. The number of pyridine rings is 1. The van der Waals surface area contributed by atoms with Gasteiger partial charge in [0.1, 0.15) is 27.2 Å². The molecule has 5 rings (SSSR count). The van der Waals surface area contributed by atoms with Crippen molar-refractivity contribution in [2.75, 3.05) is 20.0 Å². The highest BCUT2D eigenvalue weighted by molar-refractivity contribution is 6.36. The summed E-state index contributed by atoms with van der Waals surface area (Å²) in [5, 5.41) is 9.57. The first-order valence-electron chi connectivity index (χ1n) is 12.7. The van der Waals surface area contributed by atoms with Crippen LogP contribution in [-0.2, 0) is 0 Å². The van der Waals surface area contributed by atoms with E-state index in [2.05, 4.69) is 24.9 Å². The number of nitrogens with zero attached hydrogens (tertiary/aromatic N) is 4. The maximum Gasteiger partial charge on any atom is 0.356 e. The standard InChI is InChI=1S/C15H12ClN3O2.C9H10ClNO2.C6H6N2O2/c1-8-6-17-7-11(18-8)10-5-12(20)9-3-4-13(21-2)14(16)15(9)19-10;1-5(12)6-3-4-7(13-2)8(10)9(6)11;1-4-2-7-3-5(8-4)6(9)10/h3-7H,1-2H3,(H,19,20);3-4H,11H2,1-2H3;2-3H,1H3,(H,9,10). The number of aryl methyl sites for hydroxylation is 2. The van der Waals surface area contributed by atoms with E-state index in [0.717, 1.165) is 5.69 Å². The van der Waals surface area contributed by atoms with Crippen molar-refractivity contribution in [1.29, 1.82) is 0 Å². The molecule has 5 aromatic rings. The molecule has 0 saturated heterocycles. The Morgan fingerprint density at radius 2 is 1.48 bits per heavy atom. The second kappa shape index (κ2) is 14.9. The number of carboxylic acids is 1. The number of nitrogens with one attached hydrogen (secondary N) is 1. The minimum absolute atomic E-state index is 0.0139. The molecule has 14 heteroatoms. The van der Waals surface area contributed by atoms with Crippen LogP contribution < -0.4 is 20.6 Å². The summed E-state index contributed by atoms with van der Waals surface area (Å²) in [4.78, 5) is 52.5. The molecule has 12 nitrogen and oxygen atoms in total. The molecule has 4 N–H and O–H groups in total. The number of aromatic amines is 1. The zero-order valence-corrected chi connectivity index (χ0v) is 25.8. The van der Waals surface area contributed by atoms with Crippen LogP contribution in [-0.4, -0.2) is 56.0 Å². The summed E-state index contributed by atoms with van der Waals surface area (Å²) >= 11 is 12.1. The summed E-state index contributed by atoms with van der Waals surface area (Å²) in [5.41, 5.74) is 9.24. The number of benzene rings is 2. The summed E-state index contributed by atoms with van der Waals surface area (Å²) in [6, 6.07) is 8.07. The molecule has 3 aromatic heterocycles. The predicted octanol–water partition coefficient (Wildman–Crippen LogP) is 5.57. The van der Waals surface area contributed by atoms with Crippen molar-refractivity contribution in [2.45, 2.75) is 20.8 Å². The number of anilines is 1. The second-order valence-corrected chi connectivity index (χ2v) is 9.80. The molecular weight excluding hydrogens is 611 g/mol. The Balaban J connectivity index is 0.000000197. The van der Waals surface area contributed by atoms with Gasteiger partial charge in [-0.15, -0.1) is 0 Å². The molecule has 0 unspecified atom stereocenters. The van der Waals surface area contributed by atoms with E-state index in [1.165, 1.54) is 39.6 Å². The molecule has 0 amide bonds. The van der Waals surface area contributed by atoms with Gasteiger partial charge in [-0.05, 0) is 45.0 Å². The third-order valence-electron chi connectivity index (χ3n) is 5.88. The van der Waals surface area contributed by atoms with Gasteiger partial charge in [-0.3, -0.25) is 19.6 Å². The Kier molecular flexibility index (Phi) is 11.3. The van der Waals surface area contributed by atoms with Crippen molar-refractivity contribution in [3.63, 3.8) is 0 Å². The number of carbonyl (C=O) groups is 2. The van der Waals surface area contributed by atoms with Gasteiger partial charge in [-0.1, -0.05) is 23.2 Å². The van der Waals surface area contributed by atoms with E-state index in [-0.39, 0.29) is 27.6 Å². The van der Waals surface area contributed by atoms with Crippen LogP contribution in [0.1, 0.15) is 39.2 Å². The number of H-pyrrole nitrogens is 1. The van der Waals surface area contributed by atoms with Crippen LogP contribution >= 0.6 is 23.2 Å². The van der Waals surface area contributed by atoms with Gasteiger partial charge in [-0.2, -0.15) is 0 Å². The third-order valence-corrected chi connectivity index (χ3v) is 6.64. The summed E-state index contributed by atoms with van der Waals surface area (Å²) in [6.07, 6.45) is 5.97. The van der Waals surface area contributed by atoms with Gasteiger partial charge >= 0.3 is 5.97 Å². The second-order valence-electron chi connectivity index (χ2n) is 9.05. The Morgan fingerprint density at radius 1 is 0.886 bits per heavy atom. The third kappa shape index (κ3) is 8.06. The van der Waals surface area contributed by atoms with Gasteiger partial charge in [-0.25, -0.2) is 14.8 Å². The zero-order chi connectivity index (χ0) is 32.6. The topological polar surface area (TPSA) is 183 Å². The van der Waals surface area contributed by atoms with Gasteiger partial charge in [0.05, 0.1) is 54.9 Å². The SMILES string of the molecule is COc1ccc(C(C)=O)c(N)c1Cl.COc1ccc2c(=O)cc(-c3cncc(C)n3)[nH]c2c1Cl.Cc1cncc(C(=O)O)n1. The van der Waals surface area contributed by atoms with Gasteiger partial charge in [0, 0.05) is 29.4 Å². The number of aromatic nitrogens is 5. The monoisotopic (exact) mass is 638 g/mol. The van der Waals surface area contributed by atoms with Crippen molar-refractivity contribution >= 4 is 51.5 Å². The molecule has 0 bridgehead atoms. The van der Waals surface area contributed by atoms with Gasteiger partial charge in [0.2, 0.25) is 0 Å². The van der Waals surface area contributed by atoms with E-state index in [1.807, 2.05) is 6.92 Å². The molecule has 3 heterocycles. The fraction of sp³-hybridized carbons (Fsp3) is 0.167. The number of ketones is 1. The van der Waals surface area contributed by atoms with Crippen molar-refractivity contribution in [3.05, 3.63) is 98.0 Å². The van der Waals surface area contributed by atoms with Crippen molar-refractivity contribution in [3.8, 4) is 22.9 Å². The quantitative estimate of drug-likeness (QED) is 0.161. The maximum absolute atomic E-state index is 12.2. The minimum Gasteiger partial charge on any atom is -0.495 e. The predicted molar refractivity (Wildman–Crippen MR) is 168 cm³/mol. The Bertz CT molecular complexity index is 1900. The first kappa shape index (κ1) is 33.4. The van der Waals surface area contributed by atoms with Crippen LogP contribution in [0.15, 0.2) is 59.9 Å². The minimum atomic E-state index is -1.05. The highest BCUT2D eigenvalue weighted by Crippen LogP contribution is 2.33. The Morgan fingerprint density at radius 3 is 2.02 bits per heavy atom. The molecular formula is C30H28Cl2N6O6. The summed E-state index contributed by atoms with van der Waals surface area (Å²) in [6.45, 7) is 4.97. The largest absolute Gasteiger partial charge is 0.495 e. The first-order chi connectivity index (χ1) is 20.9. The summed E-state index contributed by atoms with van der Waals surface area (Å²) in [7, 11) is 3.02. The average Bonchev–Trinajstić information content (AvgIpc) is 2.99. The lowest BCUT2D eigenvalue weighted by atomic mass is 10.1. The highest BCUT2D eigenvalue weighted by atomic mass is 35.5. The van der Waals surface area contributed by atoms with Crippen LogP contribution in [0.4, 0.5) is 5.69 Å². The van der Waals surface area contributed by atoms with Gasteiger partial charge in [0.15, 0.2) is 16.9 Å². The number of halogens is 2. The van der Waals surface area contributed by atoms with Crippen molar-refractivity contribution in [2.24, 2.45) is 0 Å².